The molecule has 32 heavy (non-hydrogen) atoms. The lowest BCUT2D eigenvalue weighted by atomic mass is 9.90. The van der Waals surface area contributed by atoms with Gasteiger partial charge in [-0.15, -0.1) is 24.0 Å². The summed E-state index contributed by atoms with van der Waals surface area (Å²) in [6.07, 6.45) is 0.773. The molecule has 0 saturated heterocycles. The number of carbonyl (C=O) groups excluding carboxylic acids is 1. The molecule has 1 atom stereocenters. The fourth-order valence-corrected chi connectivity index (χ4v) is 3.47. The molecule has 0 bridgehead atoms. The van der Waals surface area contributed by atoms with Crippen molar-refractivity contribution in [3.8, 4) is 11.5 Å². The van der Waals surface area contributed by atoms with Crippen molar-refractivity contribution in [2.24, 2.45) is 4.99 Å². The average Bonchev–Trinajstić information content (AvgIpc) is 2.74. The van der Waals surface area contributed by atoms with Gasteiger partial charge in [-0.3, -0.25) is 4.79 Å². The fraction of sp³-hybridized carbons (Fsp3) is 0.417. The SMILES string of the molecule is COc1ccc(CN=C(NCC(=O)N(C)C)NC2CC(C)(C)Oc3ccccc32)cc1.I. The number of nitrogens with one attached hydrogen (secondary N) is 2. The van der Waals surface area contributed by atoms with E-state index in [1.165, 1.54) is 0 Å². The Bertz CT molecular complexity index is 929. The van der Waals surface area contributed by atoms with Gasteiger partial charge in [0, 0.05) is 26.1 Å². The Hall–Kier alpha value is -2.49. The molecular formula is C24H33IN4O3. The highest BCUT2D eigenvalue weighted by molar-refractivity contribution is 14.0. The number of halogens is 1. The summed E-state index contributed by atoms with van der Waals surface area (Å²) in [7, 11) is 5.12. The summed E-state index contributed by atoms with van der Waals surface area (Å²) in [6, 6.07) is 15.8. The molecule has 3 rings (SSSR count). The molecule has 0 radical (unpaired) electrons. The Labute approximate surface area is 207 Å². The lowest BCUT2D eigenvalue weighted by Crippen LogP contribution is -2.47. The highest BCUT2D eigenvalue weighted by Crippen LogP contribution is 2.39. The number of fused-ring (bicyclic) bond motifs is 1. The number of benzene rings is 2. The van der Waals surface area contributed by atoms with Crippen LogP contribution in [-0.4, -0.2) is 50.1 Å². The van der Waals surface area contributed by atoms with Crippen molar-refractivity contribution in [3.63, 3.8) is 0 Å². The molecule has 2 aromatic rings. The molecule has 0 aliphatic carbocycles. The number of ether oxygens (including phenoxy) is 2. The normalized spacial score (nSPS) is 16.7. The predicted octanol–water partition coefficient (Wildman–Crippen LogP) is 3.74. The first-order chi connectivity index (χ1) is 14.8. The largest absolute Gasteiger partial charge is 0.497 e. The van der Waals surface area contributed by atoms with E-state index in [4.69, 9.17) is 14.5 Å². The number of amides is 1. The molecule has 8 heteroatoms. The number of likely N-dealkylation sites (N-methyl/N-ethyl adjacent to an activating group) is 1. The van der Waals surface area contributed by atoms with Crippen LogP contribution in [0.5, 0.6) is 11.5 Å². The number of carbonyl (C=O) groups is 1. The molecule has 0 aromatic heterocycles. The molecular weight excluding hydrogens is 519 g/mol. The van der Waals surface area contributed by atoms with E-state index in [1.807, 2.05) is 42.5 Å². The summed E-state index contributed by atoms with van der Waals surface area (Å²) in [5, 5.41) is 6.70. The van der Waals surface area contributed by atoms with Crippen molar-refractivity contribution >= 4 is 35.8 Å². The van der Waals surface area contributed by atoms with E-state index in [2.05, 4.69) is 30.5 Å². The van der Waals surface area contributed by atoms with Crippen LogP contribution in [0.3, 0.4) is 0 Å². The monoisotopic (exact) mass is 552 g/mol. The molecule has 0 spiro atoms. The third-order valence-electron chi connectivity index (χ3n) is 5.17. The highest BCUT2D eigenvalue weighted by Gasteiger charge is 2.34. The fourth-order valence-electron chi connectivity index (χ4n) is 3.47. The number of para-hydroxylation sites is 1. The Morgan fingerprint density at radius 2 is 1.88 bits per heavy atom. The van der Waals surface area contributed by atoms with Crippen molar-refractivity contribution in [2.45, 2.75) is 38.5 Å². The molecule has 174 valence electrons. The molecule has 2 N–H and O–H groups in total. The van der Waals surface area contributed by atoms with Crippen LogP contribution in [0, 0.1) is 0 Å². The Morgan fingerprint density at radius 1 is 1.19 bits per heavy atom. The number of guanidine groups is 1. The van der Waals surface area contributed by atoms with Crippen molar-refractivity contribution in [1.82, 2.24) is 15.5 Å². The maximum absolute atomic E-state index is 12.1. The van der Waals surface area contributed by atoms with Gasteiger partial charge in [0.15, 0.2) is 5.96 Å². The standard InChI is InChI=1S/C24H32N4O3.HI/c1-24(2)14-20(19-8-6-7-9-21(19)31-24)27-23(26-16-22(29)28(3)4)25-15-17-10-12-18(30-5)13-11-17;/h6-13,20H,14-16H2,1-5H3,(H2,25,26,27);1H. The average molecular weight is 552 g/mol. The molecule has 1 aliphatic rings. The molecule has 0 fully saturated rings. The Balaban J connectivity index is 0.00000363. The third kappa shape index (κ3) is 7.01. The number of hydrogen-bond donors (Lipinski definition) is 2. The smallest absolute Gasteiger partial charge is 0.241 e. The van der Waals surface area contributed by atoms with Gasteiger partial charge in [-0.1, -0.05) is 30.3 Å². The molecule has 1 unspecified atom stereocenters. The summed E-state index contributed by atoms with van der Waals surface area (Å²) in [5.74, 6) is 2.24. The minimum Gasteiger partial charge on any atom is -0.497 e. The topological polar surface area (TPSA) is 75.2 Å². The summed E-state index contributed by atoms with van der Waals surface area (Å²) in [6.45, 7) is 4.79. The second kappa shape index (κ2) is 11.4. The third-order valence-corrected chi connectivity index (χ3v) is 5.17. The van der Waals surface area contributed by atoms with Crippen LogP contribution in [0.2, 0.25) is 0 Å². The van der Waals surface area contributed by atoms with Gasteiger partial charge in [-0.2, -0.15) is 0 Å². The van der Waals surface area contributed by atoms with Crippen molar-refractivity contribution in [2.75, 3.05) is 27.7 Å². The van der Waals surface area contributed by atoms with Crippen LogP contribution in [0.15, 0.2) is 53.5 Å². The summed E-state index contributed by atoms with van der Waals surface area (Å²) < 4.78 is 11.4. The van der Waals surface area contributed by atoms with Gasteiger partial charge in [0.05, 0.1) is 26.2 Å². The van der Waals surface area contributed by atoms with Crippen molar-refractivity contribution < 1.29 is 14.3 Å². The van der Waals surface area contributed by atoms with Crippen molar-refractivity contribution in [3.05, 3.63) is 59.7 Å². The minimum atomic E-state index is -0.313. The summed E-state index contributed by atoms with van der Waals surface area (Å²) in [5.41, 5.74) is 1.82. The quantitative estimate of drug-likeness (QED) is 0.325. The highest BCUT2D eigenvalue weighted by atomic mass is 127. The van der Waals surface area contributed by atoms with E-state index < -0.39 is 0 Å². The number of rotatable bonds is 6. The molecule has 1 aliphatic heterocycles. The first kappa shape index (κ1) is 25.8. The maximum Gasteiger partial charge on any atom is 0.241 e. The molecule has 7 nitrogen and oxygen atoms in total. The second-order valence-corrected chi connectivity index (χ2v) is 8.46. The second-order valence-electron chi connectivity index (χ2n) is 8.46. The van der Waals surface area contributed by atoms with Crippen LogP contribution in [-0.2, 0) is 11.3 Å². The Morgan fingerprint density at radius 3 is 2.53 bits per heavy atom. The molecule has 2 aromatic carbocycles. The number of hydrogen-bond acceptors (Lipinski definition) is 4. The molecule has 1 heterocycles. The van der Waals surface area contributed by atoms with Crippen molar-refractivity contribution in [1.29, 1.82) is 0 Å². The van der Waals surface area contributed by atoms with Gasteiger partial charge < -0.3 is 25.0 Å². The van der Waals surface area contributed by atoms with Crippen LogP contribution in [0.25, 0.3) is 0 Å². The van der Waals surface area contributed by atoms with Gasteiger partial charge in [-0.25, -0.2) is 4.99 Å². The van der Waals surface area contributed by atoms with Crippen LogP contribution >= 0.6 is 24.0 Å². The first-order valence-corrected chi connectivity index (χ1v) is 10.4. The van der Waals surface area contributed by atoms with E-state index in [9.17, 15) is 4.79 Å². The lowest BCUT2D eigenvalue weighted by Gasteiger charge is -2.38. The van der Waals surface area contributed by atoms with E-state index in [0.29, 0.717) is 12.5 Å². The molecule has 1 amide bonds. The number of aliphatic imine (C=N–C) groups is 1. The zero-order chi connectivity index (χ0) is 22.4. The summed E-state index contributed by atoms with van der Waals surface area (Å²) in [4.78, 5) is 18.4. The van der Waals surface area contributed by atoms with Gasteiger partial charge in [-0.05, 0) is 37.6 Å². The lowest BCUT2D eigenvalue weighted by molar-refractivity contribution is -0.127. The van der Waals surface area contributed by atoms with Gasteiger partial charge in [0.25, 0.3) is 0 Å². The predicted molar refractivity (Wildman–Crippen MR) is 138 cm³/mol. The van der Waals surface area contributed by atoms with E-state index in [0.717, 1.165) is 29.0 Å². The van der Waals surface area contributed by atoms with Crippen LogP contribution < -0.4 is 20.1 Å². The Kier molecular flexibility index (Phi) is 9.18. The minimum absolute atomic E-state index is 0. The van der Waals surface area contributed by atoms with Gasteiger partial charge >= 0.3 is 0 Å². The van der Waals surface area contributed by atoms with E-state index in [1.54, 1.807) is 26.1 Å². The van der Waals surface area contributed by atoms with Crippen LogP contribution in [0.1, 0.15) is 37.4 Å². The van der Waals surface area contributed by atoms with E-state index in [-0.39, 0.29) is 48.1 Å². The zero-order valence-electron chi connectivity index (χ0n) is 19.3. The van der Waals surface area contributed by atoms with Gasteiger partial charge in [0.1, 0.15) is 17.1 Å². The number of methoxy groups -OCH3 is 1. The first-order valence-electron chi connectivity index (χ1n) is 10.4. The van der Waals surface area contributed by atoms with Gasteiger partial charge in [0.2, 0.25) is 5.91 Å². The molecule has 0 saturated carbocycles. The van der Waals surface area contributed by atoms with E-state index >= 15 is 0 Å². The zero-order valence-corrected chi connectivity index (χ0v) is 21.7. The maximum atomic E-state index is 12.1. The number of nitrogens with zero attached hydrogens (tertiary/aromatic N) is 2. The van der Waals surface area contributed by atoms with Crippen LogP contribution in [0.4, 0.5) is 0 Å². The summed E-state index contributed by atoms with van der Waals surface area (Å²) >= 11 is 0.